The van der Waals surface area contributed by atoms with Gasteiger partial charge in [0.15, 0.2) is 5.78 Å². The van der Waals surface area contributed by atoms with Crippen molar-refractivity contribution in [3.05, 3.63) is 42.5 Å². The Bertz CT molecular complexity index is 290. The molecular weight excluding hydrogens is 180 g/mol. The van der Waals surface area contributed by atoms with Crippen molar-refractivity contribution in [3.8, 4) is 0 Å². The summed E-state index contributed by atoms with van der Waals surface area (Å²) >= 11 is 1.72. The summed E-state index contributed by atoms with van der Waals surface area (Å²) in [6.45, 7) is 1.56. The zero-order chi connectivity index (χ0) is 9.52. The molecule has 0 fully saturated rings. The average Bonchev–Trinajstić information content (AvgIpc) is 2.14. The van der Waals surface area contributed by atoms with Crippen LogP contribution in [0.15, 0.2) is 47.4 Å². The summed E-state index contributed by atoms with van der Waals surface area (Å²) in [7, 11) is 0. The molecule has 0 radical (unpaired) electrons. The molecule has 1 aromatic rings. The monoisotopic (exact) mass is 192 g/mol. The van der Waals surface area contributed by atoms with Gasteiger partial charge in [-0.05, 0) is 25.1 Å². The van der Waals surface area contributed by atoms with Gasteiger partial charge in [-0.3, -0.25) is 4.79 Å². The van der Waals surface area contributed by atoms with E-state index in [0.29, 0.717) is 0 Å². The van der Waals surface area contributed by atoms with E-state index in [1.165, 1.54) is 4.90 Å². The Kier molecular flexibility index (Phi) is 4.33. The molecule has 1 nitrogen and oxygen atoms in total. The van der Waals surface area contributed by atoms with Gasteiger partial charge in [-0.1, -0.05) is 24.3 Å². The van der Waals surface area contributed by atoms with Gasteiger partial charge in [0.1, 0.15) is 0 Å². The van der Waals surface area contributed by atoms with Crippen LogP contribution in [0.4, 0.5) is 0 Å². The maximum Gasteiger partial charge on any atom is 0.152 e. The highest BCUT2D eigenvalue weighted by atomic mass is 32.2. The van der Waals surface area contributed by atoms with Crippen LogP contribution in [0, 0.1) is 0 Å². The fourth-order valence-electron chi connectivity index (χ4n) is 0.875. The number of hydrogen-bond donors (Lipinski definition) is 0. The third-order valence-corrected chi connectivity index (χ3v) is 2.41. The van der Waals surface area contributed by atoms with Crippen molar-refractivity contribution in [1.29, 1.82) is 0 Å². The Morgan fingerprint density at radius 1 is 1.38 bits per heavy atom. The maximum atomic E-state index is 10.6. The Hall–Kier alpha value is -1.02. The summed E-state index contributed by atoms with van der Waals surface area (Å²) in [5, 5.41) is 0. The summed E-state index contributed by atoms with van der Waals surface area (Å²) in [5.41, 5.74) is 0. The van der Waals surface area contributed by atoms with Crippen LogP contribution in [-0.4, -0.2) is 11.5 Å². The van der Waals surface area contributed by atoms with Gasteiger partial charge in [0.25, 0.3) is 0 Å². The van der Waals surface area contributed by atoms with Crippen molar-refractivity contribution in [2.24, 2.45) is 0 Å². The number of ketones is 1. The fraction of sp³-hybridized carbons (Fsp3) is 0.182. The van der Waals surface area contributed by atoms with Gasteiger partial charge in [0, 0.05) is 10.6 Å². The Balaban J connectivity index is 2.32. The van der Waals surface area contributed by atoms with E-state index in [-0.39, 0.29) is 5.78 Å². The third-order valence-electron chi connectivity index (χ3n) is 1.44. The standard InChI is InChI=1S/C11H12OS/c1-10(12)6-5-9-13-11-7-3-2-4-8-11/h2-8H,9H2,1H3/b6-5+. The summed E-state index contributed by atoms with van der Waals surface area (Å²) in [6.07, 6.45) is 3.50. The van der Waals surface area contributed by atoms with E-state index in [1.807, 2.05) is 24.3 Å². The van der Waals surface area contributed by atoms with E-state index < -0.39 is 0 Å². The molecule has 0 amide bonds. The second kappa shape index (κ2) is 5.60. The van der Waals surface area contributed by atoms with Crippen LogP contribution in [0.25, 0.3) is 0 Å². The predicted octanol–water partition coefficient (Wildman–Crippen LogP) is 2.92. The van der Waals surface area contributed by atoms with E-state index in [1.54, 1.807) is 24.8 Å². The molecule has 0 bridgehead atoms. The number of allylic oxidation sites excluding steroid dienone is 1. The largest absolute Gasteiger partial charge is 0.295 e. The molecule has 68 valence electrons. The zero-order valence-corrected chi connectivity index (χ0v) is 8.38. The van der Waals surface area contributed by atoms with E-state index >= 15 is 0 Å². The Morgan fingerprint density at radius 3 is 2.69 bits per heavy atom. The lowest BCUT2D eigenvalue weighted by Crippen LogP contribution is -1.80. The highest BCUT2D eigenvalue weighted by molar-refractivity contribution is 7.99. The van der Waals surface area contributed by atoms with Crippen LogP contribution in [-0.2, 0) is 4.79 Å². The summed E-state index contributed by atoms with van der Waals surface area (Å²) in [4.78, 5) is 11.8. The molecule has 1 aromatic carbocycles. The smallest absolute Gasteiger partial charge is 0.152 e. The molecule has 2 heteroatoms. The van der Waals surface area contributed by atoms with Crippen LogP contribution in [0.3, 0.4) is 0 Å². The minimum Gasteiger partial charge on any atom is -0.295 e. The molecule has 0 saturated heterocycles. The zero-order valence-electron chi connectivity index (χ0n) is 7.57. The first-order valence-corrected chi connectivity index (χ1v) is 5.12. The first kappa shape index (κ1) is 10.1. The molecule has 0 aliphatic heterocycles. The van der Waals surface area contributed by atoms with E-state index in [4.69, 9.17) is 0 Å². The second-order valence-electron chi connectivity index (χ2n) is 2.64. The van der Waals surface area contributed by atoms with E-state index in [9.17, 15) is 4.79 Å². The molecule has 0 unspecified atom stereocenters. The number of rotatable bonds is 4. The number of carbonyl (C=O) groups excluding carboxylic acids is 1. The van der Waals surface area contributed by atoms with Crippen LogP contribution in [0.5, 0.6) is 0 Å². The number of thioether (sulfide) groups is 1. The number of benzene rings is 1. The molecule has 0 aliphatic carbocycles. The second-order valence-corrected chi connectivity index (χ2v) is 3.73. The minimum absolute atomic E-state index is 0.105. The van der Waals surface area contributed by atoms with Gasteiger partial charge in [-0.2, -0.15) is 0 Å². The number of carbonyl (C=O) groups is 1. The molecular formula is C11H12OS. The fourth-order valence-corrected chi connectivity index (χ4v) is 1.61. The minimum atomic E-state index is 0.105. The van der Waals surface area contributed by atoms with E-state index in [0.717, 1.165) is 5.75 Å². The van der Waals surface area contributed by atoms with Crippen molar-refractivity contribution in [2.75, 3.05) is 5.75 Å². The van der Waals surface area contributed by atoms with Crippen molar-refractivity contribution in [2.45, 2.75) is 11.8 Å². The predicted molar refractivity (Wildman–Crippen MR) is 57.0 cm³/mol. The molecule has 1 rings (SSSR count). The van der Waals surface area contributed by atoms with Crippen molar-refractivity contribution >= 4 is 17.5 Å². The van der Waals surface area contributed by atoms with Gasteiger partial charge in [-0.25, -0.2) is 0 Å². The lowest BCUT2D eigenvalue weighted by Gasteiger charge is -1.95. The lowest BCUT2D eigenvalue weighted by atomic mass is 10.4. The van der Waals surface area contributed by atoms with E-state index in [2.05, 4.69) is 12.1 Å². The summed E-state index contributed by atoms with van der Waals surface area (Å²) in [6, 6.07) is 10.1. The normalized spacial score (nSPS) is 10.5. The molecule has 13 heavy (non-hydrogen) atoms. The van der Waals surface area contributed by atoms with Gasteiger partial charge in [0.2, 0.25) is 0 Å². The molecule has 0 aromatic heterocycles. The highest BCUT2D eigenvalue weighted by Crippen LogP contribution is 2.16. The quantitative estimate of drug-likeness (QED) is 0.539. The molecule has 0 saturated carbocycles. The van der Waals surface area contributed by atoms with Crippen LogP contribution < -0.4 is 0 Å². The van der Waals surface area contributed by atoms with Crippen molar-refractivity contribution < 1.29 is 4.79 Å². The van der Waals surface area contributed by atoms with Gasteiger partial charge < -0.3 is 0 Å². The lowest BCUT2D eigenvalue weighted by molar-refractivity contribution is -0.112. The first-order valence-electron chi connectivity index (χ1n) is 4.14. The molecule has 0 aliphatic rings. The average molecular weight is 192 g/mol. The molecule has 0 spiro atoms. The SMILES string of the molecule is CC(=O)/C=C/CSc1ccccc1. The Morgan fingerprint density at radius 2 is 2.08 bits per heavy atom. The number of hydrogen-bond acceptors (Lipinski definition) is 2. The van der Waals surface area contributed by atoms with Crippen molar-refractivity contribution in [1.82, 2.24) is 0 Å². The molecule has 0 heterocycles. The van der Waals surface area contributed by atoms with Crippen LogP contribution in [0.2, 0.25) is 0 Å². The maximum absolute atomic E-state index is 10.6. The van der Waals surface area contributed by atoms with Crippen LogP contribution in [0.1, 0.15) is 6.92 Å². The van der Waals surface area contributed by atoms with Gasteiger partial charge in [-0.15, -0.1) is 11.8 Å². The van der Waals surface area contributed by atoms with Crippen LogP contribution >= 0.6 is 11.8 Å². The topological polar surface area (TPSA) is 17.1 Å². The van der Waals surface area contributed by atoms with Gasteiger partial charge >= 0.3 is 0 Å². The van der Waals surface area contributed by atoms with Crippen molar-refractivity contribution in [3.63, 3.8) is 0 Å². The third kappa shape index (κ3) is 4.53. The van der Waals surface area contributed by atoms with Gasteiger partial charge in [0.05, 0.1) is 0 Å². The summed E-state index contributed by atoms with van der Waals surface area (Å²) in [5.74, 6) is 0.956. The summed E-state index contributed by atoms with van der Waals surface area (Å²) < 4.78 is 0. The Labute approximate surface area is 82.9 Å². The highest BCUT2D eigenvalue weighted by Gasteiger charge is 1.88. The first-order chi connectivity index (χ1) is 6.29. The molecule has 0 atom stereocenters. The molecule has 0 N–H and O–H groups in total.